The Morgan fingerprint density at radius 2 is 1.71 bits per heavy atom. The van der Waals surface area contributed by atoms with Gasteiger partial charge in [-0.2, -0.15) is 0 Å². The number of carbonyl (C=O) groups is 1. The molecule has 1 N–H and O–H groups in total. The largest absolute Gasteiger partial charge is 0.495 e. The zero-order valence-corrected chi connectivity index (χ0v) is 17.6. The maximum absolute atomic E-state index is 12.8. The van der Waals surface area contributed by atoms with E-state index in [4.69, 9.17) is 4.74 Å². The number of methoxy groups -OCH3 is 1. The third-order valence-electron chi connectivity index (χ3n) is 5.22. The van der Waals surface area contributed by atoms with Crippen LogP contribution in [0.25, 0.3) is 0 Å². The molecule has 1 aliphatic rings. The lowest BCUT2D eigenvalue weighted by Gasteiger charge is -2.37. The Hall–Kier alpha value is -2.69. The lowest BCUT2D eigenvalue weighted by atomic mass is 9.86. The highest BCUT2D eigenvalue weighted by molar-refractivity contribution is 5.90. The predicted octanol–water partition coefficient (Wildman–Crippen LogP) is 4.66. The van der Waals surface area contributed by atoms with E-state index in [0.29, 0.717) is 13.1 Å². The van der Waals surface area contributed by atoms with Crippen molar-refractivity contribution >= 4 is 17.4 Å². The summed E-state index contributed by atoms with van der Waals surface area (Å²) in [5.74, 6) is 0.877. The Labute approximate surface area is 168 Å². The average Bonchev–Trinajstić information content (AvgIpc) is 2.67. The molecule has 0 aliphatic carbocycles. The van der Waals surface area contributed by atoms with Gasteiger partial charge >= 0.3 is 6.03 Å². The van der Waals surface area contributed by atoms with Crippen molar-refractivity contribution in [2.45, 2.75) is 33.1 Å². The fraction of sp³-hybridized carbons (Fsp3) is 0.435. The molecule has 3 rings (SSSR count). The van der Waals surface area contributed by atoms with Gasteiger partial charge in [0.2, 0.25) is 0 Å². The second-order valence-corrected chi connectivity index (χ2v) is 8.38. The molecular weight excluding hydrogens is 350 g/mol. The minimum Gasteiger partial charge on any atom is -0.495 e. The molecule has 2 aromatic carbocycles. The van der Waals surface area contributed by atoms with Gasteiger partial charge in [-0.25, -0.2) is 4.79 Å². The van der Waals surface area contributed by atoms with Crippen LogP contribution < -0.4 is 15.0 Å². The number of urea groups is 1. The van der Waals surface area contributed by atoms with Gasteiger partial charge in [0.05, 0.1) is 12.8 Å². The van der Waals surface area contributed by atoms with Crippen molar-refractivity contribution in [1.82, 2.24) is 4.90 Å². The van der Waals surface area contributed by atoms with E-state index in [1.54, 1.807) is 7.11 Å². The number of rotatable bonds is 3. The van der Waals surface area contributed by atoms with E-state index in [1.807, 2.05) is 29.2 Å². The first-order valence-electron chi connectivity index (χ1n) is 9.84. The number of para-hydroxylation sites is 1. The number of hydrogen-bond donors (Lipinski definition) is 1. The molecule has 5 heteroatoms. The molecule has 1 fully saturated rings. The van der Waals surface area contributed by atoms with Crippen LogP contribution >= 0.6 is 0 Å². The van der Waals surface area contributed by atoms with E-state index in [0.717, 1.165) is 35.8 Å². The maximum atomic E-state index is 12.8. The monoisotopic (exact) mass is 381 g/mol. The van der Waals surface area contributed by atoms with E-state index < -0.39 is 0 Å². The van der Waals surface area contributed by atoms with Gasteiger partial charge < -0.3 is 19.9 Å². The van der Waals surface area contributed by atoms with Crippen LogP contribution in [0.1, 0.15) is 31.9 Å². The fourth-order valence-electron chi connectivity index (χ4n) is 3.64. The molecule has 1 aliphatic heterocycles. The highest BCUT2D eigenvalue weighted by atomic mass is 16.5. The summed E-state index contributed by atoms with van der Waals surface area (Å²) < 4.78 is 5.52. The minimum atomic E-state index is -0.0347. The SMILES string of the molecule is COc1ccc(C)cc1N1CCN(C(=O)Nc2ccccc2C(C)(C)C)CC1. The van der Waals surface area contributed by atoms with Crippen molar-refractivity contribution in [2.24, 2.45) is 0 Å². The molecule has 0 unspecified atom stereocenters. The van der Waals surface area contributed by atoms with Crippen molar-refractivity contribution in [1.29, 1.82) is 0 Å². The van der Waals surface area contributed by atoms with Crippen molar-refractivity contribution < 1.29 is 9.53 Å². The van der Waals surface area contributed by atoms with E-state index >= 15 is 0 Å². The number of aryl methyl sites for hydroxylation is 1. The molecule has 150 valence electrons. The van der Waals surface area contributed by atoms with Crippen LogP contribution in [0.2, 0.25) is 0 Å². The topological polar surface area (TPSA) is 44.8 Å². The molecular formula is C23H31N3O2. The second kappa shape index (κ2) is 8.13. The second-order valence-electron chi connectivity index (χ2n) is 8.38. The standard InChI is InChI=1S/C23H31N3O2/c1-17-10-11-21(28-5)20(16-17)25-12-14-26(15-13-25)22(27)24-19-9-7-6-8-18(19)23(2,3)4/h6-11,16H,12-15H2,1-5H3,(H,24,27). The molecule has 0 spiro atoms. The summed E-state index contributed by atoms with van der Waals surface area (Å²) in [7, 11) is 1.70. The fourth-order valence-corrected chi connectivity index (χ4v) is 3.64. The van der Waals surface area contributed by atoms with Crippen molar-refractivity contribution in [3.05, 3.63) is 53.6 Å². The summed E-state index contributed by atoms with van der Waals surface area (Å²) >= 11 is 0. The number of nitrogens with one attached hydrogen (secondary N) is 1. The third-order valence-corrected chi connectivity index (χ3v) is 5.22. The highest BCUT2D eigenvalue weighted by Gasteiger charge is 2.25. The Morgan fingerprint density at radius 3 is 2.36 bits per heavy atom. The first-order chi connectivity index (χ1) is 13.3. The number of anilines is 2. The number of hydrogen-bond acceptors (Lipinski definition) is 3. The number of piperazine rings is 1. The molecule has 1 heterocycles. The van der Waals surface area contributed by atoms with Crippen LogP contribution in [0.4, 0.5) is 16.2 Å². The number of carbonyl (C=O) groups excluding carboxylic acids is 1. The molecule has 0 aromatic heterocycles. The summed E-state index contributed by atoms with van der Waals surface area (Å²) in [6.07, 6.45) is 0. The van der Waals surface area contributed by atoms with Crippen LogP contribution in [0, 0.1) is 6.92 Å². The van der Waals surface area contributed by atoms with E-state index in [-0.39, 0.29) is 11.4 Å². The molecule has 5 nitrogen and oxygen atoms in total. The van der Waals surface area contributed by atoms with Gasteiger partial charge in [0.25, 0.3) is 0 Å². The zero-order valence-electron chi connectivity index (χ0n) is 17.6. The van der Waals surface area contributed by atoms with Gasteiger partial charge in [0.1, 0.15) is 5.75 Å². The summed E-state index contributed by atoms with van der Waals surface area (Å²) in [4.78, 5) is 17.0. The lowest BCUT2D eigenvalue weighted by Crippen LogP contribution is -2.50. The highest BCUT2D eigenvalue weighted by Crippen LogP contribution is 2.31. The zero-order chi connectivity index (χ0) is 20.3. The Bertz CT molecular complexity index is 834. The van der Waals surface area contributed by atoms with Crippen LogP contribution in [-0.4, -0.2) is 44.2 Å². The maximum Gasteiger partial charge on any atom is 0.321 e. The quantitative estimate of drug-likeness (QED) is 0.841. The van der Waals surface area contributed by atoms with Crippen LogP contribution in [-0.2, 0) is 5.41 Å². The summed E-state index contributed by atoms with van der Waals surface area (Å²) in [6.45, 7) is 11.5. The van der Waals surface area contributed by atoms with Crippen LogP contribution in [0.15, 0.2) is 42.5 Å². The molecule has 0 radical (unpaired) electrons. The average molecular weight is 382 g/mol. The van der Waals surface area contributed by atoms with Crippen LogP contribution in [0.3, 0.4) is 0 Å². The number of benzene rings is 2. The first kappa shape index (κ1) is 20.1. The van der Waals surface area contributed by atoms with Gasteiger partial charge in [0.15, 0.2) is 0 Å². The van der Waals surface area contributed by atoms with Gasteiger partial charge in [-0.05, 0) is 41.7 Å². The third kappa shape index (κ3) is 4.41. The number of ether oxygens (including phenoxy) is 1. The Morgan fingerprint density at radius 1 is 1.04 bits per heavy atom. The number of amides is 2. The van der Waals surface area contributed by atoms with Crippen molar-refractivity contribution in [2.75, 3.05) is 43.5 Å². The number of nitrogens with zero attached hydrogens (tertiary/aromatic N) is 2. The molecule has 1 saturated heterocycles. The van der Waals surface area contributed by atoms with Crippen molar-refractivity contribution in [3.63, 3.8) is 0 Å². The summed E-state index contributed by atoms with van der Waals surface area (Å²) in [5, 5.41) is 3.12. The molecule has 28 heavy (non-hydrogen) atoms. The first-order valence-corrected chi connectivity index (χ1v) is 9.84. The summed E-state index contributed by atoms with van der Waals surface area (Å²) in [5.41, 5.74) is 4.31. The molecule has 2 aromatic rings. The smallest absolute Gasteiger partial charge is 0.321 e. The van der Waals surface area contributed by atoms with E-state index in [2.05, 4.69) is 56.1 Å². The van der Waals surface area contributed by atoms with E-state index in [1.165, 1.54) is 5.56 Å². The van der Waals surface area contributed by atoms with Gasteiger partial charge in [-0.1, -0.05) is 45.0 Å². The van der Waals surface area contributed by atoms with Crippen molar-refractivity contribution in [3.8, 4) is 5.75 Å². The molecule has 0 bridgehead atoms. The summed E-state index contributed by atoms with van der Waals surface area (Å²) in [6, 6.07) is 14.2. The van der Waals surface area contributed by atoms with Gasteiger partial charge in [-0.15, -0.1) is 0 Å². The van der Waals surface area contributed by atoms with E-state index in [9.17, 15) is 4.79 Å². The Kier molecular flexibility index (Phi) is 5.82. The molecule has 0 atom stereocenters. The predicted molar refractivity (Wildman–Crippen MR) is 116 cm³/mol. The van der Waals surface area contributed by atoms with Gasteiger partial charge in [0, 0.05) is 31.9 Å². The van der Waals surface area contributed by atoms with Crippen LogP contribution in [0.5, 0.6) is 5.75 Å². The minimum absolute atomic E-state index is 0.0235. The molecule has 0 saturated carbocycles. The van der Waals surface area contributed by atoms with Gasteiger partial charge in [-0.3, -0.25) is 0 Å². The lowest BCUT2D eigenvalue weighted by molar-refractivity contribution is 0.208. The molecule has 2 amide bonds. The normalized spacial score (nSPS) is 14.8. The Balaban J connectivity index is 1.66.